The highest BCUT2D eigenvalue weighted by Crippen LogP contribution is 2.10. The molecule has 20 heteroatoms. The SMILES string of the molecule is CC(C)CC(NC(=O)C(CCCCN)NC(=O)C(C)N)C(=O)NC(C(=O)NC(Cc1ccccc1)C(=O)NC(C)C(=O)NC(CCCCN)C(=O)NCC(=O)O)C(C)O. The van der Waals surface area contributed by atoms with Gasteiger partial charge in [0.25, 0.3) is 0 Å². The summed E-state index contributed by atoms with van der Waals surface area (Å²) in [5.74, 6) is -6.70. The summed E-state index contributed by atoms with van der Waals surface area (Å²) in [5.41, 5.74) is 17.5. The lowest BCUT2D eigenvalue weighted by Gasteiger charge is -2.29. The Kier molecular flexibility index (Phi) is 24.2. The number of rotatable bonds is 28. The molecule has 0 bridgehead atoms. The first-order valence-electron chi connectivity index (χ1n) is 20.0. The Morgan fingerprint density at radius 3 is 1.59 bits per heavy atom. The lowest BCUT2D eigenvalue weighted by Crippen LogP contribution is -2.62. The number of aliphatic hydroxyl groups is 1. The van der Waals surface area contributed by atoms with Crippen LogP contribution in [0, 0.1) is 5.92 Å². The first kappa shape index (κ1) is 51.8. The summed E-state index contributed by atoms with van der Waals surface area (Å²) in [5, 5.41) is 37.3. The van der Waals surface area contributed by atoms with Crippen molar-refractivity contribution in [3.8, 4) is 0 Å². The molecule has 1 aromatic rings. The van der Waals surface area contributed by atoms with Crippen molar-refractivity contribution in [2.75, 3.05) is 19.6 Å². The van der Waals surface area contributed by atoms with Gasteiger partial charge in [-0.3, -0.25) is 38.4 Å². The van der Waals surface area contributed by atoms with E-state index in [4.69, 9.17) is 22.3 Å². The number of benzene rings is 1. The number of aliphatic hydroxyl groups excluding tert-OH is 1. The molecule has 1 aromatic carbocycles. The highest BCUT2D eigenvalue weighted by atomic mass is 16.4. The van der Waals surface area contributed by atoms with Crippen molar-refractivity contribution in [1.29, 1.82) is 0 Å². The van der Waals surface area contributed by atoms with E-state index in [1.165, 1.54) is 20.8 Å². The summed E-state index contributed by atoms with van der Waals surface area (Å²) in [6.07, 6.45) is 0.999. The van der Waals surface area contributed by atoms with Crippen LogP contribution in [0.1, 0.15) is 85.1 Å². The maximum atomic E-state index is 13.8. The van der Waals surface area contributed by atoms with Crippen LogP contribution in [0.5, 0.6) is 0 Å². The lowest BCUT2D eigenvalue weighted by atomic mass is 10.0. The van der Waals surface area contributed by atoms with Gasteiger partial charge in [0.15, 0.2) is 0 Å². The summed E-state index contributed by atoms with van der Waals surface area (Å²) in [6.45, 7) is 7.73. The first-order valence-corrected chi connectivity index (χ1v) is 20.0. The highest BCUT2D eigenvalue weighted by Gasteiger charge is 2.35. The fraction of sp³-hybridized carbons (Fsp3) is 0.641. The molecule has 0 aliphatic carbocycles. The molecule has 7 amide bonds. The minimum Gasteiger partial charge on any atom is -0.480 e. The maximum absolute atomic E-state index is 13.8. The van der Waals surface area contributed by atoms with Gasteiger partial charge in [0.2, 0.25) is 41.4 Å². The fourth-order valence-electron chi connectivity index (χ4n) is 5.74. The molecule has 8 unspecified atom stereocenters. The van der Waals surface area contributed by atoms with E-state index >= 15 is 0 Å². The molecule has 20 nitrogen and oxygen atoms in total. The Hall–Kier alpha value is -5.18. The number of carboxylic acid groups (broad SMARTS) is 1. The van der Waals surface area contributed by atoms with E-state index in [0.717, 1.165) is 0 Å². The number of nitrogens with two attached hydrogens (primary N) is 3. The molecule has 1 rings (SSSR count). The van der Waals surface area contributed by atoms with Crippen LogP contribution in [-0.2, 0) is 44.8 Å². The van der Waals surface area contributed by atoms with E-state index in [1.54, 1.807) is 30.3 Å². The Labute approximate surface area is 345 Å². The van der Waals surface area contributed by atoms with Crippen LogP contribution in [0.2, 0.25) is 0 Å². The minimum atomic E-state index is -1.61. The van der Waals surface area contributed by atoms with Crippen molar-refractivity contribution in [3.05, 3.63) is 35.9 Å². The predicted octanol–water partition coefficient (Wildman–Crippen LogP) is -2.61. The third-order valence-electron chi connectivity index (χ3n) is 9.06. The van der Waals surface area contributed by atoms with E-state index < -0.39 is 102 Å². The van der Waals surface area contributed by atoms with Gasteiger partial charge in [-0.05, 0) is 90.3 Å². The number of amides is 7. The molecule has 0 aromatic heterocycles. The molecule has 59 heavy (non-hydrogen) atoms. The largest absolute Gasteiger partial charge is 0.480 e. The van der Waals surface area contributed by atoms with Crippen molar-refractivity contribution in [3.63, 3.8) is 0 Å². The first-order chi connectivity index (χ1) is 27.8. The normalized spacial score (nSPS) is 15.2. The van der Waals surface area contributed by atoms with Gasteiger partial charge in [0, 0.05) is 6.42 Å². The summed E-state index contributed by atoms with van der Waals surface area (Å²) < 4.78 is 0. The molecule has 0 saturated heterocycles. The smallest absolute Gasteiger partial charge is 0.322 e. The van der Waals surface area contributed by atoms with Crippen LogP contribution in [0.15, 0.2) is 30.3 Å². The molecule has 0 aliphatic rings. The Balaban J connectivity index is 3.28. The van der Waals surface area contributed by atoms with Gasteiger partial charge in [-0.1, -0.05) is 44.2 Å². The van der Waals surface area contributed by atoms with Crippen molar-refractivity contribution in [1.82, 2.24) is 37.2 Å². The molecular formula is C39H66N10O10. The third kappa shape index (κ3) is 20.4. The summed E-state index contributed by atoms with van der Waals surface area (Å²) >= 11 is 0. The van der Waals surface area contributed by atoms with Crippen LogP contribution < -0.4 is 54.4 Å². The van der Waals surface area contributed by atoms with Crippen molar-refractivity contribution < 1.29 is 48.6 Å². The number of hydrogen-bond donors (Lipinski definition) is 12. The molecular weight excluding hydrogens is 768 g/mol. The standard InChI is InChI=1S/C39H66N10O10/c1-22(2)19-29(47-36(56)28(16-10-12-18-41)45-33(53)23(3)42)38(58)49-32(25(5)50)39(59)48-30(20-26-13-7-6-8-14-26)37(57)44-24(4)34(54)46-27(15-9-11-17-40)35(55)43-21-31(51)52/h6-8,13-14,22-25,27-30,32,50H,9-12,15-21,40-42H2,1-5H3,(H,43,55)(H,44,57)(H,45,53)(H,46,54)(H,47,56)(H,48,59)(H,49,58)(H,51,52). The molecule has 0 heterocycles. The zero-order valence-corrected chi connectivity index (χ0v) is 34.8. The Morgan fingerprint density at radius 1 is 0.593 bits per heavy atom. The van der Waals surface area contributed by atoms with Crippen LogP contribution in [0.3, 0.4) is 0 Å². The quantitative estimate of drug-likeness (QED) is 0.0386. The minimum absolute atomic E-state index is 0.0722. The van der Waals surface area contributed by atoms with Crippen molar-refractivity contribution in [2.24, 2.45) is 23.1 Å². The van der Waals surface area contributed by atoms with Gasteiger partial charge in [-0.2, -0.15) is 0 Å². The number of aliphatic carboxylic acids is 1. The average Bonchev–Trinajstić information content (AvgIpc) is 3.17. The molecule has 8 atom stereocenters. The molecule has 0 radical (unpaired) electrons. The number of hydrogen-bond acceptors (Lipinski definition) is 12. The van der Waals surface area contributed by atoms with Crippen LogP contribution in [-0.4, -0.2) is 126 Å². The second-order valence-electron chi connectivity index (χ2n) is 15.0. The predicted molar refractivity (Wildman–Crippen MR) is 219 cm³/mol. The van der Waals surface area contributed by atoms with Crippen molar-refractivity contribution in [2.45, 2.75) is 134 Å². The van der Waals surface area contributed by atoms with Crippen LogP contribution in [0.4, 0.5) is 0 Å². The van der Waals surface area contributed by atoms with Crippen molar-refractivity contribution >= 4 is 47.3 Å². The molecule has 0 spiro atoms. The van der Waals surface area contributed by atoms with E-state index in [0.29, 0.717) is 44.3 Å². The van der Waals surface area contributed by atoms with E-state index in [-0.39, 0.29) is 31.6 Å². The topological polar surface area (TPSA) is 339 Å². The van der Waals surface area contributed by atoms with Crippen LogP contribution in [0.25, 0.3) is 0 Å². The summed E-state index contributed by atoms with van der Waals surface area (Å²) in [4.78, 5) is 104. The molecule has 0 fully saturated rings. The van der Waals surface area contributed by atoms with E-state index in [2.05, 4.69) is 37.2 Å². The zero-order chi connectivity index (χ0) is 44.7. The third-order valence-corrected chi connectivity index (χ3v) is 9.06. The second kappa shape index (κ2) is 27.5. The lowest BCUT2D eigenvalue weighted by molar-refractivity contribution is -0.138. The average molecular weight is 835 g/mol. The molecule has 332 valence electrons. The van der Waals surface area contributed by atoms with Crippen LogP contribution >= 0.6 is 0 Å². The molecule has 0 aliphatic heterocycles. The number of unbranched alkanes of at least 4 members (excludes halogenated alkanes) is 2. The number of nitrogens with one attached hydrogen (secondary N) is 7. The Morgan fingerprint density at radius 2 is 1.08 bits per heavy atom. The fourth-order valence-corrected chi connectivity index (χ4v) is 5.74. The van der Waals surface area contributed by atoms with Gasteiger partial charge < -0.3 is 64.6 Å². The number of carbonyl (C=O) groups excluding carboxylic acids is 7. The monoisotopic (exact) mass is 834 g/mol. The zero-order valence-electron chi connectivity index (χ0n) is 34.8. The van der Waals surface area contributed by atoms with E-state index in [1.807, 2.05) is 13.8 Å². The molecule has 0 saturated carbocycles. The maximum Gasteiger partial charge on any atom is 0.322 e. The highest BCUT2D eigenvalue weighted by molar-refractivity contribution is 5.97. The van der Waals surface area contributed by atoms with Gasteiger partial charge in [-0.25, -0.2) is 0 Å². The number of carboxylic acids is 1. The Bertz CT molecular complexity index is 1530. The summed E-state index contributed by atoms with van der Waals surface area (Å²) in [6, 6.07) is 0.144. The van der Waals surface area contributed by atoms with Gasteiger partial charge in [0.05, 0.1) is 12.1 Å². The van der Waals surface area contributed by atoms with Gasteiger partial charge in [0.1, 0.15) is 42.8 Å². The second-order valence-corrected chi connectivity index (χ2v) is 15.0. The van der Waals surface area contributed by atoms with E-state index in [9.17, 15) is 43.5 Å². The number of carbonyl (C=O) groups is 8. The summed E-state index contributed by atoms with van der Waals surface area (Å²) in [7, 11) is 0. The van der Waals surface area contributed by atoms with Gasteiger partial charge in [-0.15, -0.1) is 0 Å². The van der Waals surface area contributed by atoms with Gasteiger partial charge >= 0.3 is 5.97 Å². The molecule has 15 N–H and O–H groups in total.